The summed E-state index contributed by atoms with van der Waals surface area (Å²) in [5.74, 6) is -2.37. The molecule has 0 saturated carbocycles. The number of rotatable bonds is 8. The SMILES string of the molecule is CCOC(=O)C1(C(=O)OCC)C(=C=C(c2ccccc2)c2ccccc2)[C@](C)(C(=O)OC)N[C@@H]1c1ccccc1. The average molecular weight is 540 g/mol. The smallest absolute Gasteiger partial charge is 0.330 e. The molecule has 1 N–H and O–H groups in total. The molecule has 40 heavy (non-hydrogen) atoms. The molecule has 0 unspecified atom stereocenters. The zero-order chi connectivity index (χ0) is 28.8. The molecule has 206 valence electrons. The fourth-order valence-corrected chi connectivity index (χ4v) is 5.23. The number of carbonyl (C=O) groups excluding carboxylic acids is 3. The summed E-state index contributed by atoms with van der Waals surface area (Å²) >= 11 is 0. The summed E-state index contributed by atoms with van der Waals surface area (Å²) in [7, 11) is 1.26. The molecule has 1 heterocycles. The molecule has 2 atom stereocenters. The van der Waals surface area contributed by atoms with Crippen LogP contribution in [0.2, 0.25) is 0 Å². The van der Waals surface area contributed by atoms with Gasteiger partial charge in [0, 0.05) is 11.1 Å². The van der Waals surface area contributed by atoms with Crippen molar-refractivity contribution < 1.29 is 28.6 Å². The van der Waals surface area contributed by atoms with E-state index in [0.29, 0.717) is 11.1 Å². The van der Waals surface area contributed by atoms with E-state index in [0.717, 1.165) is 11.1 Å². The van der Waals surface area contributed by atoms with E-state index in [1.807, 2.05) is 66.7 Å². The van der Waals surface area contributed by atoms with Crippen LogP contribution in [0.5, 0.6) is 0 Å². The van der Waals surface area contributed by atoms with Gasteiger partial charge in [-0.15, -0.1) is 5.73 Å². The minimum atomic E-state index is -2.09. The minimum Gasteiger partial charge on any atom is -0.467 e. The van der Waals surface area contributed by atoms with Crippen LogP contribution in [0, 0.1) is 5.41 Å². The zero-order valence-corrected chi connectivity index (χ0v) is 23.1. The highest BCUT2D eigenvalue weighted by atomic mass is 16.6. The van der Waals surface area contributed by atoms with Crippen LogP contribution >= 0.6 is 0 Å². The molecule has 1 aliphatic heterocycles. The van der Waals surface area contributed by atoms with Crippen molar-refractivity contribution in [2.24, 2.45) is 5.41 Å². The van der Waals surface area contributed by atoms with Crippen molar-refractivity contribution in [2.45, 2.75) is 32.4 Å². The Morgan fingerprint density at radius 3 is 1.62 bits per heavy atom. The van der Waals surface area contributed by atoms with Crippen LogP contribution in [-0.4, -0.2) is 43.8 Å². The molecule has 0 aromatic heterocycles. The first-order valence-corrected chi connectivity index (χ1v) is 13.2. The molecular formula is C33H33NO6. The maximum absolute atomic E-state index is 14.1. The molecule has 1 aliphatic rings. The molecule has 7 nitrogen and oxygen atoms in total. The van der Waals surface area contributed by atoms with E-state index >= 15 is 0 Å². The number of methoxy groups -OCH3 is 1. The largest absolute Gasteiger partial charge is 0.467 e. The first kappa shape index (κ1) is 28.6. The van der Waals surface area contributed by atoms with Gasteiger partial charge >= 0.3 is 17.9 Å². The van der Waals surface area contributed by atoms with Gasteiger partial charge in [0.05, 0.1) is 26.4 Å². The van der Waals surface area contributed by atoms with Gasteiger partial charge < -0.3 is 14.2 Å². The normalized spacial score (nSPS) is 19.3. The summed E-state index contributed by atoms with van der Waals surface area (Å²) in [5, 5.41) is 3.27. The minimum absolute atomic E-state index is 0.0116. The number of esters is 3. The van der Waals surface area contributed by atoms with Gasteiger partial charge in [-0.1, -0.05) is 91.0 Å². The van der Waals surface area contributed by atoms with Gasteiger partial charge in [-0.25, -0.2) is 4.79 Å². The summed E-state index contributed by atoms with van der Waals surface area (Å²) in [6.07, 6.45) is 0. The lowest BCUT2D eigenvalue weighted by Crippen LogP contribution is -2.48. The summed E-state index contributed by atoms with van der Waals surface area (Å²) in [6, 6.07) is 26.9. The Balaban J connectivity index is 2.23. The van der Waals surface area contributed by atoms with Gasteiger partial charge in [0.15, 0.2) is 0 Å². The monoisotopic (exact) mass is 539 g/mol. The Morgan fingerprint density at radius 1 is 0.750 bits per heavy atom. The number of hydrogen-bond donors (Lipinski definition) is 1. The third kappa shape index (κ3) is 4.97. The van der Waals surface area contributed by atoms with E-state index < -0.39 is 34.9 Å². The molecule has 0 aliphatic carbocycles. The van der Waals surface area contributed by atoms with E-state index in [1.165, 1.54) is 7.11 Å². The molecule has 3 aromatic rings. The van der Waals surface area contributed by atoms with Crippen LogP contribution in [0.4, 0.5) is 0 Å². The van der Waals surface area contributed by atoms with Crippen LogP contribution < -0.4 is 5.32 Å². The number of benzene rings is 3. The second kappa shape index (κ2) is 12.2. The van der Waals surface area contributed by atoms with Crippen LogP contribution in [0.1, 0.15) is 43.5 Å². The number of nitrogens with one attached hydrogen (secondary N) is 1. The van der Waals surface area contributed by atoms with Crippen molar-refractivity contribution in [3.05, 3.63) is 119 Å². The van der Waals surface area contributed by atoms with Gasteiger partial charge in [-0.05, 0) is 37.5 Å². The fraction of sp³-hybridized carbons (Fsp3) is 0.273. The second-order valence-electron chi connectivity index (χ2n) is 9.46. The summed E-state index contributed by atoms with van der Waals surface area (Å²) in [6.45, 7) is 4.93. The molecule has 0 spiro atoms. The third-order valence-electron chi connectivity index (χ3n) is 7.06. The lowest BCUT2D eigenvalue weighted by Gasteiger charge is -2.31. The van der Waals surface area contributed by atoms with Crippen molar-refractivity contribution in [1.82, 2.24) is 5.32 Å². The Kier molecular flexibility index (Phi) is 8.68. The first-order valence-electron chi connectivity index (χ1n) is 13.2. The van der Waals surface area contributed by atoms with Crippen molar-refractivity contribution in [1.29, 1.82) is 0 Å². The second-order valence-corrected chi connectivity index (χ2v) is 9.46. The molecule has 1 fully saturated rings. The first-order chi connectivity index (χ1) is 19.3. The Hall–Kier alpha value is -4.45. The summed E-state index contributed by atoms with van der Waals surface area (Å²) in [4.78, 5) is 41.9. The zero-order valence-electron chi connectivity index (χ0n) is 23.1. The highest BCUT2D eigenvalue weighted by Gasteiger charge is 2.70. The molecule has 0 amide bonds. The molecule has 0 radical (unpaired) electrons. The third-order valence-corrected chi connectivity index (χ3v) is 7.06. The number of hydrogen-bond acceptors (Lipinski definition) is 7. The van der Waals surface area contributed by atoms with Gasteiger partial charge in [0.25, 0.3) is 0 Å². The fourth-order valence-electron chi connectivity index (χ4n) is 5.23. The van der Waals surface area contributed by atoms with Crippen molar-refractivity contribution in [3.8, 4) is 0 Å². The number of ether oxygens (including phenoxy) is 3. The highest BCUT2D eigenvalue weighted by Crippen LogP contribution is 2.54. The molecule has 3 aromatic carbocycles. The topological polar surface area (TPSA) is 90.9 Å². The van der Waals surface area contributed by atoms with E-state index in [9.17, 15) is 14.4 Å². The Morgan fingerprint density at radius 2 is 1.20 bits per heavy atom. The van der Waals surface area contributed by atoms with Crippen molar-refractivity contribution >= 4 is 23.5 Å². The Bertz CT molecular complexity index is 1370. The van der Waals surface area contributed by atoms with Gasteiger partial charge in [0.1, 0.15) is 5.54 Å². The van der Waals surface area contributed by atoms with Crippen LogP contribution in [0.3, 0.4) is 0 Å². The predicted molar refractivity (Wildman–Crippen MR) is 151 cm³/mol. The van der Waals surface area contributed by atoms with Crippen molar-refractivity contribution in [2.75, 3.05) is 20.3 Å². The lowest BCUT2D eigenvalue weighted by atomic mass is 9.70. The maximum atomic E-state index is 14.1. The van der Waals surface area contributed by atoms with E-state index in [2.05, 4.69) is 11.0 Å². The molecule has 0 bridgehead atoms. The molecule has 4 rings (SSSR count). The van der Waals surface area contributed by atoms with Crippen LogP contribution in [-0.2, 0) is 28.6 Å². The maximum Gasteiger partial charge on any atom is 0.330 e. The number of carbonyl (C=O) groups is 3. The van der Waals surface area contributed by atoms with Gasteiger partial charge in [0.2, 0.25) is 5.41 Å². The molecular weight excluding hydrogens is 506 g/mol. The quantitative estimate of drug-likeness (QED) is 0.186. The molecule has 7 heteroatoms. The van der Waals surface area contributed by atoms with Crippen LogP contribution in [0.25, 0.3) is 5.57 Å². The van der Waals surface area contributed by atoms with Crippen LogP contribution in [0.15, 0.2) is 102 Å². The highest BCUT2D eigenvalue weighted by molar-refractivity contribution is 6.09. The van der Waals surface area contributed by atoms with Crippen molar-refractivity contribution in [3.63, 3.8) is 0 Å². The predicted octanol–water partition coefficient (Wildman–Crippen LogP) is 5.03. The Labute approximate surface area is 234 Å². The van der Waals surface area contributed by atoms with E-state index in [1.54, 1.807) is 45.0 Å². The molecule has 1 saturated heterocycles. The summed E-state index contributed by atoms with van der Waals surface area (Å²) in [5.41, 5.74) is 2.44. The summed E-state index contributed by atoms with van der Waals surface area (Å²) < 4.78 is 16.4. The van der Waals surface area contributed by atoms with Gasteiger partial charge in [-0.3, -0.25) is 14.9 Å². The van der Waals surface area contributed by atoms with E-state index in [-0.39, 0.29) is 18.8 Å². The van der Waals surface area contributed by atoms with Gasteiger partial charge in [-0.2, -0.15) is 0 Å². The average Bonchev–Trinajstić information content (AvgIpc) is 3.27. The van der Waals surface area contributed by atoms with E-state index in [4.69, 9.17) is 14.2 Å². The lowest BCUT2D eigenvalue weighted by molar-refractivity contribution is -0.169. The standard InChI is InChI=1S/C33H33NO6/c1-5-39-30(36)33(31(37)40-6-2)27(22-26(23-16-10-7-11-17-23)24-18-12-8-13-19-24)32(3,29(35)38-4)34-28(33)25-20-14-9-15-21-25/h7-21,28,34H,5-6H2,1-4H3/t28-,32-/m1/s1.